The lowest BCUT2D eigenvalue weighted by molar-refractivity contribution is 0.425. The third kappa shape index (κ3) is 4.27. The summed E-state index contributed by atoms with van der Waals surface area (Å²) in [6.07, 6.45) is 4.95. The summed E-state index contributed by atoms with van der Waals surface area (Å²) in [7, 11) is 1.84. The van der Waals surface area contributed by atoms with Crippen molar-refractivity contribution in [1.82, 2.24) is 39.4 Å². The number of aromatic nitrogens is 8. The Hall–Kier alpha value is -5.39. The monoisotopic (exact) mass is 520 g/mol. The van der Waals surface area contributed by atoms with E-state index in [0.29, 0.717) is 39.6 Å². The lowest BCUT2D eigenvalue weighted by Crippen LogP contribution is -2.28. The van der Waals surface area contributed by atoms with Crippen molar-refractivity contribution in [2.24, 2.45) is 7.05 Å². The van der Waals surface area contributed by atoms with Gasteiger partial charge in [-0.3, -0.25) is 14.0 Å². The maximum atomic E-state index is 14.2. The molecule has 0 aliphatic carbocycles. The van der Waals surface area contributed by atoms with Crippen LogP contribution in [0.15, 0.2) is 76.6 Å². The van der Waals surface area contributed by atoms with Gasteiger partial charge in [-0.25, -0.2) is 15.0 Å². The molecule has 0 amide bonds. The third-order valence-electron chi connectivity index (χ3n) is 6.31. The zero-order chi connectivity index (χ0) is 27.1. The standard InChI is InChI=1S/C27H24N10O2/c1-15(32-24-22(23(28)29-14-30-24)26-33-16(2)35-39-26)25-34-20-11-7-10-19(17-12-31-36(3)13-17)21(20)27(38)37(25)18-8-5-4-6-9-18/h4-15H,1-3H3,(H3,28,29,30,32)/t15-/m0/s1. The van der Waals surface area contributed by atoms with E-state index >= 15 is 0 Å². The first-order chi connectivity index (χ1) is 18.9. The number of nitrogens with two attached hydrogens (primary N) is 1. The minimum Gasteiger partial charge on any atom is -0.383 e. The van der Waals surface area contributed by atoms with Gasteiger partial charge in [-0.1, -0.05) is 35.5 Å². The van der Waals surface area contributed by atoms with Gasteiger partial charge in [0, 0.05) is 18.8 Å². The average Bonchev–Trinajstić information content (AvgIpc) is 3.56. The number of anilines is 2. The topological polar surface area (TPSA) is 155 Å². The Labute approximate surface area is 222 Å². The van der Waals surface area contributed by atoms with Crippen LogP contribution in [-0.2, 0) is 7.05 Å². The highest BCUT2D eigenvalue weighted by Crippen LogP contribution is 2.32. The van der Waals surface area contributed by atoms with Gasteiger partial charge < -0.3 is 15.6 Å². The largest absolute Gasteiger partial charge is 0.383 e. The van der Waals surface area contributed by atoms with Crippen molar-refractivity contribution >= 4 is 22.5 Å². The van der Waals surface area contributed by atoms with Gasteiger partial charge in [0.1, 0.15) is 29.4 Å². The smallest absolute Gasteiger partial charge is 0.266 e. The number of nitrogens with one attached hydrogen (secondary N) is 1. The first-order valence-corrected chi connectivity index (χ1v) is 12.2. The number of rotatable bonds is 6. The summed E-state index contributed by atoms with van der Waals surface area (Å²) in [5.74, 6) is 1.67. The molecule has 0 aliphatic rings. The fourth-order valence-electron chi connectivity index (χ4n) is 4.55. The summed E-state index contributed by atoms with van der Waals surface area (Å²) in [4.78, 5) is 32.0. The lowest BCUT2D eigenvalue weighted by Gasteiger charge is -2.21. The normalized spacial score (nSPS) is 12.1. The van der Waals surface area contributed by atoms with Crippen molar-refractivity contribution in [1.29, 1.82) is 0 Å². The van der Waals surface area contributed by atoms with Crippen molar-refractivity contribution in [2.45, 2.75) is 19.9 Å². The van der Waals surface area contributed by atoms with Gasteiger partial charge in [-0.15, -0.1) is 0 Å². The molecule has 0 fully saturated rings. The van der Waals surface area contributed by atoms with E-state index in [4.69, 9.17) is 15.2 Å². The molecule has 4 aromatic heterocycles. The first-order valence-electron chi connectivity index (χ1n) is 12.2. The first kappa shape index (κ1) is 24.0. The second kappa shape index (κ2) is 9.49. The molecule has 0 spiro atoms. The fraction of sp³-hybridized carbons (Fsp3) is 0.148. The van der Waals surface area contributed by atoms with Crippen LogP contribution in [-0.4, -0.2) is 39.4 Å². The highest BCUT2D eigenvalue weighted by molar-refractivity contribution is 5.94. The minimum atomic E-state index is -0.499. The van der Waals surface area contributed by atoms with E-state index in [1.807, 2.05) is 68.7 Å². The maximum absolute atomic E-state index is 14.2. The summed E-state index contributed by atoms with van der Waals surface area (Å²) in [5.41, 5.74) is 9.17. The number of hydrogen-bond acceptors (Lipinski definition) is 10. The van der Waals surface area contributed by atoms with Gasteiger partial charge in [-0.2, -0.15) is 10.1 Å². The Bertz CT molecular complexity index is 1870. The van der Waals surface area contributed by atoms with E-state index in [1.54, 1.807) is 22.4 Å². The predicted octanol–water partition coefficient (Wildman–Crippen LogP) is 3.69. The van der Waals surface area contributed by atoms with E-state index in [2.05, 4.69) is 30.5 Å². The van der Waals surface area contributed by atoms with Crippen LogP contribution >= 0.6 is 0 Å². The maximum Gasteiger partial charge on any atom is 0.266 e. The minimum absolute atomic E-state index is 0.177. The van der Waals surface area contributed by atoms with Crippen molar-refractivity contribution in [3.63, 3.8) is 0 Å². The number of nitrogens with zero attached hydrogens (tertiary/aromatic N) is 8. The molecule has 1 atom stereocenters. The molecule has 0 saturated carbocycles. The molecular formula is C27H24N10O2. The second-order valence-corrected chi connectivity index (χ2v) is 9.04. The van der Waals surface area contributed by atoms with Crippen LogP contribution in [0.2, 0.25) is 0 Å². The van der Waals surface area contributed by atoms with Crippen LogP contribution in [0.25, 0.3) is 39.2 Å². The molecule has 6 aromatic rings. The van der Waals surface area contributed by atoms with Gasteiger partial charge in [0.15, 0.2) is 5.82 Å². The predicted molar refractivity (Wildman–Crippen MR) is 146 cm³/mol. The molecule has 194 valence electrons. The molecule has 39 heavy (non-hydrogen) atoms. The summed E-state index contributed by atoms with van der Waals surface area (Å²) in [6, 6.07) is 14.5. The van der Waals surface area contributed by atoms with Crippen LogP contribution in [0.4, 0.5) is 11.6 Å². The molecule has 3 N–H and O–H groups in total. The number of aryl methyl sites for hydroxylation is 2. The number of nitrogen functional groups attached to an aromatic ring is 1. The van der Waals surface area contributed by atoms with E-state index in [9.17, 15) is 4.79 Å². The quantitative estimate of drug-likeness (QED) is 0.332. The van der Waals surface area contributed by atoms with E-state index in [0.717, 1.165) is 11.1 Å². The zero-order valence-corrected chi connectivity index (χ0v) is 21.4. The molecular weight excluding hydrogens is 496 g/mol. The molecule has 2 aromatic carbocycles. The second-order valence-electron chi connectivity index (χ2n) is 9.04. The van der Waals surface area contributed by atoms with Crippen LogP contribution in [0.5, 0.6) is 0 Å². The number of hydrogen-bond donors (Lipinski definition) is 2. The van der Waals surface area contributed by atoms with Gasteiger partial charge >= 0.3 is 0 Å². The van der Waals surface area contributed by atoms with E-state index in [1.165, 1.54) is 6.33 Å². The van der Waals surface area contributed by atoms with Gasteiger partial charge in [0.25, 0.3) is 11.4 Å². The summed E-state index contributed by atoms with van der Waals surface area (Å²) in [6.45, 7) is 3.60. The number of benzene rings is 2. The van der Waals surface area contributed by atoms with E-state index in [-0.39, 0.29) is 17.3 Å². The molecule has 0 unspecified atom stereocenters. The summed E-state index contributed by atoms with van der Waals surface area (Å²) >= 11 is 0. The zero-order valence-electron chi connectivity index (χ0n) is 21.4. The van der Waals surface area contributed by atoms with Gasteiger partial charge in [0.05, 0.1) is 28.8 Å². The van der Waals surface area contributed by atoms with Crippen LogP contribution in [0.1, 0.15) is 24.6 Å². The third-order valence-corrected chi connectivity index (χ3v) is 6.31. The van der Waals surface area contributed by atoms with Crippen molar-refractivity contribution in [3.05, 3.63) is 89.3 Å². The van der Waals surface area contributed by atoms with Crippen LogP contribution in [0.3, 0.4) is 0 Å². The Morgan fingerprint density at radius 1 is 1.05 bits per heavy atom. The Kier molecular flexibility index (Phi) is 5.83. The lowest BCUT2D eigenvalue weighted by atomic mass is 10.0. The SMILES string of the molecule is Cc1noc(-c2c(N)ncnc2N[C@@H](C)c2nc3cccc(-c4cnn(C)c4)c3c(=O)n2-c2ccccc2)n1. The number of para-hydroxylation sites is 1. The highest BCUT2D eigenvalue weighted by atomic mass is 16.5. The molecule has 6 rings (SSSR count). The molecule has 12 heteroatoms. The molecule has 0 saturated heterocycles. The van der Waals surface area contributed by atoms with E-state index < -0.39 is 6.04 Å². The van der Waals surface area contributed by atoms with Crippen molar-refractivity contribution in [2.75, 3.05) is 11.1 Å². The summed E-state index contributed by atoms with van der Waals surface area (Å²) < 4.78 is 8.66. The molecule has 0 aliphatic heterocycles. The Morgan fingerprint density at radius 2 is 1.87 bits per heavy atom. The van der Waals surface area contributed by atoms with Crippen LogP contribution in [0, 0.1) is 6.92 Å². The number of fused-ring (bicyclic) bond motifs is 1. The summed E-state index contributed by atoms with van der Waals surface area (Å²) in [5, 5.41) is 12.0. The molecule has 4 heterocycles. The van der Waals surface area contributed by atoms with Crippen molar-refractivity contribution < 1.29 is 4.52 Å². The molecule has 0 radical (unpaired) electrons. The average molecular weight is 521 g/mol. The molecule has 0 bridgehead atoms. The Balaban J connectivity index is 1.54. The molecule has 12 nitrogen and oxygen atoms in total. The van der Waals surface area contributed by atoms with Gasteiger partial charge in [0.2, 0.25) is 0 Å². The Morgan fingerprint density at radius 3 is 2.59 bits per heavy atom. The highest BCUT2D eigenvalue weighted by Gasteiger charge is 2.24. The van der Waals surface area contributed by atoms with Crippen LogP contribution < -0.4 is 16.6 Å². The van der Waals surface area contributed by atoms with Gasteiger partial charge in [-0.05, 0) is 37.6 Å². The fourth-order valence-corrected chi connectivity index (χ4v) is 4.55. The van der Waals surface area contributed by atoms with Crippen molar-refractivity contribution in [3.8, 4) is 28.3 Å².